The molecule has 0 aliphatic heterocycles. The van der Waals surface area contributed by atoms with Crippen molar-refractivity contribution in [1.29, 1.82) is 0 Å². The van der Waals surface area contributed by atoms with Crippen LogP contribution in [0.25, 0.3) is 0 Å². The molecule has 0 fully saturated rings. The van der Waals surface area contributed by atoms with Gasteiger partial charge in [-0.1, -0.05) is 24.3 Å². The van der Waals surface area contributed by atoms with Gasteiger partial charge in [0.15, 0.2) is 0 Å². The zero-order chi connectivity index (χ0) is 11.2. The Bertz CT molecular complexity index is 534. The number of fused-ring (bicyclic) bond motifs is 1. The van der Waals surface area contributed by atoms with Gasteiger partial charge in [0.2, 0.25) is 0 Å². The van der Waals surface area contributed by atoms with E-state index in [2.05, 4.69) is 22.0 Å². The second kappa shape index (κ2) is 3.69. The molecule has 1 unspecified atom stereocenters. The van der Waals surface area contributed by atoms with E-state index in [0.29, 0.717) is 0 Å². The van der Waals surface area contributed by atoms with Crippen molar-refractivity contribution in [2.45, 2.75) is 18.4 Å². The standard InChI is InChI=1S/C13H11BrOS/c14-12-8-16-7-11(12)13(15)6-5-9-3-1-2-4-10(9)13/h1-4,7-8,15H,5-6H2. The van der Waals surface area contributed by atoms with E-state index in [1.54, 1.807) is 11.3 Å². The van der Waals surface area contributed by atoms with E-state index >= 15 is 0 Å². The molecule has 1 atom stereocenters. The second-order valence-electron chi connectivity index (χ2n) is 4.15. The highest BCUT2D eigenvalue weighted by Gasteiger charge is 2.39. The number of hydrogen-bond acceptors (Lipinski definition) is 2. The van der Waals surface area contributed by atoms with Gasteiger partial charge in [-0.25, -0.2) is 0 Å². The van der Waals surface area contributed by atoms with Gasteiger partial charge in [-0.2, -0.15) is 11.3 Å². The van der Waals surface area contributed by atoms with E-state index < -0.39 is 5.60 Å². The fourth-order valence-electron chi connectivity index (χ4n) is 2.45. The predicted molar refractivity (Wildman–Crippen MR) is 69.8 cm³/mol. The number of thiophene rings is 1. The lowest BCUT2D eigenvalue weighted by Crippen LogP contribution is -2.23. The Balaban J connectivity index is 2.19. The molecule has 1 nitrogen and oxygen atoms in total. The fourth-order valence-corrected chi connectivity index (χ4v) is 4.14. The molecule has 0 bridgehead atoms. The topological polar surface area (TPSA) is 20.2 Å². The molecular weight excluding hydrogens is 284 g/mol. The Morgan fingerprint density at radius 3 is 2.75 bits per heavy atom. The van der Waals surface area contributed by atoms with Gasteiger partial charge in [-0.15, -0.1) is 0 Å². The van der Waals surface area contributed by atoms with Crippen molar-refractivity contribution < 1.29 is 5.11 Å². The van der Waals surface area contributed by atoms with Crippen LogP contribution in [0.3, 0.4) is 0 Å². The fraction of sp³-hybridized carbons (Fsp3) is 0.231. The minimum absolute atomic E-state index is 0.779. The Hall–Kier alpha value is -0.640. The molecule has 1 aliphatic carbocycles. The lowest BCUT2D eigenvalue weighted by Gasteiger charge is -2.23. The smallest absolute Gasteiger partial charge is 0.117 e. The molecule has 0 saturated carbocycles. The van der Waals surface area contributed by atoms with Crippen molar-refractivity contribution in [2.24, 2.45) is 0 Å². The van der Waals surface area contributed by atoms with Gasteiger partial charge < -0.3 is 5.11 Å². The van der Waals surface area contributed by atoms with Crippen LogP contribution in [-0.4, -0.2) is 5.11 Å². The Labute approximate surface area is 107 Å². The Kier molecular flexibility index (Phi) is 2.42. The third-order valence-corrected chi connectivity index (χ3v) is 4.98. The molecule has 3 rings (SSSR count). The number of aryl methyl sites for hydroxylation is 1. The van der Waals surface area contributed by atoms with Crippen LogP contribution < -0.4 is 0 Å². The number of aliphatic hydroxyl groups is 1. The van der Waals surface area contributed by atoms with Gasteiger partial charge in [0.1, 0.15) is 5.60 Å². The van der Waals surface area contributed by atoms with Crippen molar-refractivity contribution in [3.05, 3.63) is 56.2 Å². The molecule has 2 aromatic rings. The van der Waals surface area contributed by atoms with Crippen LogP contribution in [0.5, 0.6) is 0 Å². The first-order valence-corrected chi connectivity index (χ1v) is 6.98. The first-order chi connectivity index (χ1) is 7.72. The number of halogens is 1. The monoisotopic (exact) mass is 294 g/mol. The van der Waals surface area contributed by atoms with Crippen LogP contribution in [0.15, 0.2) is 39.5 Å². The summed E-state index contributed by atoms with van der Waals surface area (Å²) in [5.41, 5.74) is 2.54. The van der Waals surface area contributed by atoms with Crippen LogP contribution in [0, 0.1) is 0 Å². The maximum atomic E-state index is 10.9. The Morgan fingerprint density at radius 2 is 2.00 bits per heavy atom. The Morgan fingerprint density at radius 1 is 1.19 bits per heavy atom. The summed E-state index contributed by atoms with van der Waals surface area (Å²) in [7, 11) is 0. The molecule has 0 radical (unpaired) electrons. The zero-order valence-electron chi connectivity index (χ0n) is 8.61. The molecule has 0 saturated heterocycles. The molecule has 0 amide bonds. The van der Waals surface area contributed by atoms with Gasteiger partial charge in [0, 0.05) is 15.4 Å². The van der Waals surface area contributed by atoms with Crippen LogP contribution in [0.4, 0.5) is 0 Å². The minimum Gasteiger partial charge on any atom is -0.380 e. The second-order valence-corrected chi connectivity index (χ2v) is 5.75. The van der Waals surface area contributed by atoms with E-state index in [4.69, 9.17) is 0 Å². The summed E-state index contributed by atoms with van der Waals surface area (Å²) in [6.07, 6.45) is 1.73. The van der Waals surface area contributed by atoms with E-state index in [9.17, 15) is 5.11 Å². The van der Waals surface area contributed by atoms with E-state index in [1.807, 2.05) is 29.0 Å². The summed E-state index contributed by atoms with van der Waals surface area (Å²) in [6.45, 7) is 0. The average molecular weight is 295 g/mol. The highest BCUT2D eigenvalue weighted by molar-refractivity contribution is 9.10. The largest absolute Gasteiger partial charge is 0.380 e. The van der Waals surface area contributed by atoms with Crippen molar-refractivity contribution in [2.75, 3.05) is 0 Å². The molecule has 82 valence electrons. The molecule has 1 heterocycles. The third-order valence-electron chi connectivity index (χ3n) is 3.28. The molecule has 0 spiro atoms. The van der Waals surface area contributed by atoms with E-state index in [1.165, 1.54) is 5.56 Å². The highest BCUT2D eigenvalue weighted by Crippen LogP contribution is 2.45. The molecule has 1 aliphatic rings. The maximum absolute atomic E-state index is 10.9. The number of benzene rings is 1. The molecule has 1 aromatic carbocycles. The average Bonchev–Trinajstić information content (AvgIpc) is 2.86. The maximum Gasteiger partial charge on any atom is 0.117 e. The van der Waals surface area contributed by atoms with Crippen molar-refractivity contribution in [3.8, 4) is 0 Å². The van der Waals surface area contributed by atoms with Gasteiger partial charge in [-0.3, -0.25) is 0 Å². The summed E-state index contributed by atoms with van der Waals surface area (Å²) in [5.74, 6) is 0. The molecular formula is C13H11BrOS. The summed E-state index contributed by atoms with van der Waals surface area (Å²) in [6, 6.07) is 8.17. The SMILES string of the molecule is OC1(c2cscc2Br)CCc2ccccc21. The normalized spacial score (nSPS) is 23.4. The first kappa shape index (κ1) is 10.5. The van der Waals surface area contributed by atoms with E-state index in [-0.39, 0.29) is 0 Å². The molecule has 16 heavy (non-hydrogen) atoms. The van der Waals surface area contributed by atoms with Crippen LogP contribution >= 0.6 is 27.3 Å². The van der Waals surface area contributed by atoms with Crippen molar-refractivity contribution in [3.63, 3.8) is 0 Å². The van der Waals surface area contributed by atoms with Gasteiger partial charge >= 0.3 is 0 Å². The van der Waals surface area contributed by atoms with Crippen LogP contribution in [0.2, 0.25) is 0 Å². The summed E-state index contributed by atoms with van der Waals surface area (Å²) < 4.78 is 1.01. The van der Waals surface area contributed by atoms with Gasteiger partial charge in [0.05, 0.1) is 0 Å². The quantitative estimate of drug-likeness (QED) is 0.850. The lowest BCUT2D eigenvalue weighted by atomic mass is 9.90. The summed E-state index contributed by atoms with van der Waals surface area (Å²) in [5, 5.41) is 14.9. The molecule has 3 heteroatoms. The number of rotatable bonds is 1. The zero-order valence-corrected chi connectivity index (χ0v) is 11.0. The van der Waals surface area contributed by atoms with Gasteiger partial charge in [-0.05, 0) is 45.3 Å². The third kappa shape index (κ3) is 1.39. The van der Waals surface area contributed by atoms with E-state index in [0.717, 1.165) is 28.4 Å². The number of hydrogen-bond donors (Lipinski definition) is 1. The van der Waals surface area contributed by atoms with Crippen LogP contribution in [-0.2, 0) is 12.0 Å². The van der Waals surface area contributed by atoms with Crippen molar-refractivity contribution in [1.82, 2.24) is 0 Å². The molecule has 1 aromatic heterocycles. The lowest BCUT2D eigenvalue weighted by molar-refractivity contribution is 0.0827. The predicted octanol–water partition coefficient (Wildman–Crippen LogP) is 3.69. The van der Waals surface area contributed by atoms with Crippen LogP contribution in [0.1, 0.15) is 23.1 Å². The summed E-state index contributed by atoms with van der Waals surface area (Å²) >= 11 is 5.13. The first-order valence-electron chi connectivity index (χ1n) is 5.25. The minimum atomic E-state index is -0.796. The highest BCUT2D eigenvalue weighted by atomic mass is 79.9. The summed E-state index contributed by atoms with van der Waals surface area (Å²) in [4.78, 5) is 0. The molecule has 1 N–H and O–H groups in total. The van der Waals surface area contributed by atoms with Gasteiger partial charge in [0.25, 0.3) is 0 Å². The van der Waals surface area contributed by atoms with Crippen molar-refractivity contribution >= 4 is 27.3 Å².